The zero-order valence-corrected chi connectivity index (χ0v) is 11.7. The lowest BCUT2D eigenvalue weighted by molar-refractivity contribution is -0.385. The van der Waals surface area contributed by atoms with Gasteiger partial charge in [0.15, 0.2) is 0 Å². The molecule has 1 fully saturated rings. The van der Waals surface area contributed by atoms with Crippen molar-refractivity contribution in [2.45, 2.75) is 13.0 Å². The van der Waals surface area contributed by atoms with Gasteiger partial charge in [0.05, 0.1) is 16.6 Å². The van der Waals surface area contributed by atoms with E-state index in [1.165, 1.54) is 6.07 Å². The third-order valence-electron chi connectivity index (χ3n) is 3.05. The summed E-state index contributed by atoms with van der Waals surface area (Å²) >= 11 is 0. The molecule has 6 nitrogen and oxygen atoms in total. The number of rotatable bonds is 2. The van der Waals surface area contributed by atoms with Gasteiger partial charge >= 0.3 is 0 Å². The van der Waals surface area contributed by atoms with Gasteiger partial charge in [-0.1, -0.05) is 0 Å². The summed E-state index contributed by atoms with van der Waals surface area (Å²) in [7, 11) is 0. The van der Waals surface area contributed by atoms with E-state index in [9.17, 15) is 19.3 Å². The maximum absolute atomic E-state index is 13.7. The normalized spacial score (nSPS) is 18.3. The summed E-state index contributed by atoms with van der Waals surface area (Å²) in [5.41, 5.74) is -0.484. The number of nitrogens with zero attached hydrogens (tertiary/aromatic N) is 2. The van der Waals surface area contributed by atoms with Crippen molar-refractivity contribution in [3.63, 3.8) is 0 Å². The van der Waals surface area contributed by atoms with Crippen molar-refractivity contribution in [3.05, 3.63) is 39.7 Å². The molecule has 1 saturated heterocycles. The highest BCUT2D eigenvalue weighted by Crippen LogP contribution is 2.18. The summed E-state index contributed by atoms with van der Waals surface area (Å²) in [6, 6.07) is 3.24. The molecule has 0 saturated carbocycles. The highest BCUT2D eigenvalue weighted by molar-refractivity contribution is 5.94. The Morgan fingerprint density at radius 3 is 2.80 bits per heavy atom. The predicted octanol–water partition coefficient (Wildman–Crippen LogP) is 1.59. The Bertz CT molecular complexity index is 527. The van der Waals surface area contributed by atoms with Crippen molar-refractivity contribution in [2.75, 3.05) is 19.6 Å². The maximum Gasteiger partial charge on any atom is 0.272 e. The molecule has 0 aromatic heterocycles. The van der Waals surface area contributed by atoms with Crippen LogP contribution in [0.25, 0.3) is 0 Å². The Morgan fingerprint density at radius 1 is 1.55 bits per heavy atom. The van der Waals surface area contributed by atoms with Crippen LogP contribution in [0.15, 0.2) is 18.2 Å². The number of benzene rings is 1. The number of halogens is 2. The monoisotopic (exact) mass is 303 g/mol. The topological polar surface area (TPSA) is 75.5 Å². The number of nitro groups is 1. The summed E-state index contributed by atoms with van der Waals surface area (Å²) in [6.07, 6.45) is 0. The van der Waals surface area contributed by atoms with Gasteiger partial charge in [-0.05, 0) is 13.0 Å². The smallest absolute Gasteiger partial charge is 0.272 e. The molecule has 20 heavy (non-hydrogen) atoms. The number of nitrogens with one attached hydrogen (secondary N) is 1. The van der Waals surface area contributed by atoms with Crippen LogP contribution in [0, 0.1) is 15.9 Å². The van der Waals surface area contributed by atoms with Crippen LogP contribution >= 0.6 is 12.4 Å². The first-order valence-electron chi connectivity index (χ1n) is 5.95. The quantitative estimate of drug-likeness (QED) is 0.665. The third kappa shape index (κ3) is 3.43. The minimum Gasteiger partial charge on any atom is -0.336 e. The molecular weight excluding hydrogens is 289 g/mol. The average molecular weight is 304 g/mol. The second kappa shape index (κ2) is 6.62. The van der Waals surface area contributed by atoms with E-state index in [4.69, 9.17) is 0 Å². The first-order valence-corrected chi connectivity index (χ1v) is 5.95. The molecule has 0 radical (unpaired) electrons. The maximum atomic E-state index is 13.7. The zero-order chi connectivity index (χ0) is 14.0. The SMILES string of the molecule is C[C@@H]1CN(C(=O)c2ccc([N+](=O)[O-])cc2F)CCN1.Cl. The van der Waals surface area contributed by atoms with Crippen LogP contribution in [0.2, 0.25) is 0 Å². The summed E-state index contributed by atoms with van der Waals surface area (Å²) in [6.45, 7) is 3.59. The van der Waals surface area contributed by atoms with Gasteiger partial charge in [-0.25, -0.2) is 4.39 Å². The van der Waals surface area contributed by atoms with Gasteiger partial charge in [0.1, 0.15) is 5.82 Å². The summed E-state index contributed by atoms with van der Waals surface area (Å²) in [5, 5.41) is 13.7. The number of hydrogen-bond donors (Lipinski definition) is 1. The molecule has 1 heterocycles. The molecule has 1 atom stereocenters. The second-order valence-electron chi connectivity index (χ2n) is 4.53. The van der Waals surface area contributed by atoms with E-state index >= 15 is 0 Å². The minimum absolute atomic E-state index is 0. The Morgan fingerprint density at radius 2 is 2.25 bits per heavy atom. The van der Waals surface area contributed by atoms with E-state index in [1.807, 2.05) is 6.92 Å². The van der Waals surface area contributed by atoms with Crippen molar-refractivity contribution >= 4 is 24.0 Å². The molecule has 0 unspecified atom stereocenters. The van der Waals surface area contributed by atoms with Gasteiger partial charge in [0.2, 0.25) is 0 Å². The highest BCUT2D eigenvalue weighted by Gasteiger charge is 2.24. The van der Waals surface area contributed by atoms with Gasteiger partial charge in [-0.3, -0.25) is 14.9 Å². The Balaban J connectivity index is 0.00000200. The number of carbonyl (C=O) groups excluding carboxylic acids is 1. The van der Waals surface area contributed by atoms with E-state index in [0.29, 0.717) is 19.6 Å². The molecule has 1 amide bonds. The predicted molar refractivity (Wildman–Crippen MR) is 73.7 cm³/mol. The third-order valence-corrected chi connectivity index (χ3v) is 3.05. The first kappa shape index (κ1) is 16.3. The van der Waals surface area contributed by atoms with Crippen LogP contribution in [0.5, 0.6) is 0 Å². The minimum atomic E-state index is -0.856. The molecule has 2 rings (SSSR count). The van der Waals surface area contributed by atoms with Crippen molar-refractivity contribution < 1.29 is 14.1 Å². The van der Waals surface area contributed by atoms with Crippen molar-refractivity contribution in [1.82, 2.24) is 10.2 Å². The van der Waals surface area contributed by atoms with Crippen molar-refractivity contribution in [1.29, 1.82) is 0 Å². The average Bonchev–Trinajstić information content (AvgIpc) is 2.37. The van der Waals surface area contributed by atoms with Crippen LogP contribution in [0.4, 0.5) is 10.1 Å². The van der Waals surface area contributed by atoms with Gasteiger partial charge in [0.25, 0.3) is 11.6 Å². The molecule has 0 aliphatic carbocycles. The molecule has 1 aliphatic heterocycles. The van der Waals surface area contributed by atoms with Gasteiger partial charge in [0, 0.05) is 31.7 Å². The van der Waals surface area contributed by atoms with E-state index in [1.54, 1.807) is 4.90 Å². The Kier molecular flexibility index (Phi) is 5.41. The van der Waals surface area contributed by atoms with Crippen molar-refractivity contribution in [2.24, 2.45) is 0 Å². The largest absolute Gasteiger partial charge is 0.336 e. The molecular formula is C12H15ClFN3O3. The standard InChI is InChI=1S/C12H14FN3O3.ClH/c1-8-7-15(5-4-14-8)12(17)10-3-2-9(16(18)19)6-11(10)13;/h2-3,6,8,14H,4-5,7H2,1H3;1H/t8-;/m1./s1. The van der Waals surface area contributed by atoms with Crippen molar-refractivity contribution in [3.8, 4) is 0 Å². The fourth-order valence-electron chi connectivity index (χ4n) is 2.08. The lowest BCUT2D eigenvalue weighted by Crippen LogP contribution is -2.51. The van der Waals surface area contributed by atoms with Gasteiger partial charge in [-0.2, -0.15) is 0 Å². The highest BCUT2D eigenvalue weighted by atomic mass is 35.5. The number of hydrogen-bond acceptors (Lipinski definition) is 4. The van der Waals surface area contributed by atoms with E-state index in [2.05, 4.69) is 5.32 Å². The fourth-order valence-corrected chi connectivity index (χ4v) is 2.08. The number of non-ortho nitro benzene ring substituents is 1. The molecule has 0 bridgehead atoms. The van der Waals surface area contributed by atoms with Crippen LogP contribution in [0.1, 0.15) is 17.3 Å². The summed E-state index contributed by atoms with van der Waals surface area (Å²) in [5.74, 6) is -1.29. The lowest BCUT2D eigenvalue weighted by Gasteiger charge is -2.32. The Labute approximate surface area is 121 Å². The first-order chi connectivity index (χ1) is 8.99. The molecule has 1 aromatic carbocycles. The number of nitro benzene ring substituents is 1. The van der Waals surface area contributed by atoms with E-state index < -0.39 is 16.6 Å². The summed E-state index contributed by atoms with van der Waals surface area (Å²) < 4.78 is 13.7. The van der Waals surface area contributed by atoms with Gasteiger partial charge in [-0.15, -0.1) is 12.4 Å². The van der Waals surface area contributed by atoms with Crippen LogP contribution in [0.3, 0.4) is 0 Å². The number of carbonyl (C=O) groups is 1. The molecule has 110 valence electrons. The van der Waals surface area contributed by atoms with E-state index in [0.717, 1.165) is 12.1 Å². The zero-order valence-electron chi connectivity index (χ0n) is 10.8. The summed E-state index contributed by atoms with van der Waals surface area (Å²) in [4.78, 5) is 23.5. The van der Waals surface area contributed by atoms with Gasteiger partial charge < -0.3 is 10.2 Å². The number of piperazine rings is 1. The molecule has 1 aliphatic rings. The van der Waals surface area contributed by atoms with Crippen LogP contribution in [-0.2, 0) is 0 Å². The molecule has 1 aromatic rings. The number of amides is 1. The van der Waals surface area contributed by atoms with E-state index in [-0.39, 0.29) is 29.7 Å². The Hall–Kier alpha value is -1.73. The van der Waals surface area contributed by atoms with Crippen LogP contribution < -0.4 is 5.32 Å². The molecule has 8 heteroatoms. The lowest BCUT2D eigenvalue weighted by atomic mass is 10.1. The fraction of sp³-hybridized carbons (Fsp3) is 0.417. The molecule has 1 N–H and O–H groups in total. The molecule has 0 spiro atoms. The van der Waals surface area contributed by atoms with Crippen LogP contribution in [-0.4, -0.2) is 41.4 Å². The second-order valence-corrected chi connectivity index (χ2v) is 4.53.